The van der Waals surface area contributed by atoms with Gasteiger partial charge in [-0.3, -0.25) is 4.57 Å². The van der Waals surface area contributed by atoms with Crippen LogP contribution in [0.15, 0.2) is 30.7 Å². The second-order valence-electron chi connectivity index (χ2n) is 6.96. The summed E-state index contributed by atoms with van der Waals surface area (Å²) in [5.41, 5.74) is 1.08. The molecule has 25 heavy (non-hydrogen) atoms. The van der Waals surface area contributed by atoms with Crippen molar-refractivity contribution in [1.82, 2.24) is 30.5 Å². The standard InChI is InChI=1S/C18H26N6O/c1-14-20-9-10-24(14)16-15(5-3-8-21-16)11-22-17(25)23-13-18(2)6-4-7-19-12-18/h3,5,8-10,19H,4,6-7,11-13H2,1-2H3,(H2,22,23,25). The second kappa shape index (κ2) is 7.65. The summed E-state index contributed by atoms with van der Waals surface area (Å²) in [6, 6.07) is 3.69. The Morgan fingerprint density at radius 1 is 1.36 bits per heavy atom. The molecule has 2 aromatic heterocycles. The van der Waals surface area contributed by atoms with E-state index in [1.54, 1.807) is 12.4 Å². The van der Waals surface area contributed by atoms with Crippen molar-refractivity contribution in [2.75, 3.05) is 19.6 Å². The Morgan fingerprint density at radius 3 is 2.96 bits per heavy atom. The summed E-state index contributed by atoms with van der Waals surface area (Å²) in [5, 5.41) is 9.33. The molecule has 1 saturated heterocycles. The van der Waals surface area contributed by atoms with Gasteiger partial charge in [0.05, 0.1) is 0 Å². The summed E-state index contributed by atoms with van der Waals surface area (Å²) in [4.78, 5) is 20.9. The Labute approximate surface area is 148 Å². The number of carbonyl (C=O) groups excluding carboxylic acids is 1. The number of urea groups is 1. The SMILES string of the molecule is Cc1nccn1-c1ncccc1CNC(=O)NCC1(C)CCCNC1. The van der Waals surface area contributed by atoms with Crippen molar-refractivity contribution in [2.45, 2.75) is 33.2 Å². The number of piperidine rings is 1. The number of nitrogens with zero attached hydrogens (tertiary/aromatic N) is 3. The van der Waals surface area contributed by atoms with Crippen molar-refractivity contribution in [3.05, 3.63) is 42.1 Å². The minimum atomic E-state index is -0.149. The van der Waals surface area contributed by atoms with E-state index in [0.29, 0.717) is 13.1 Å². The number of nitrogens with one attached hydrogen (secondary N) is 3. The maximum atomic E-state index is 12.2. The van der Waals surface area contributed by atoms with E-state index in [2.05, 4.69) is 32.8 Å². The van der Waals surface area contributed by atoms with Gasteiger partial charge in [0.25, 0.3) is 0 Å². The highest BCUT2D eigenvalue weighted by Crippen LogP contribution is 2.24. The molecule has 2 aromatic rings. The molecule has 0 saturated carbocycles. The highest BCUT2D eigenvalue weighted by atomic mass is 16.2. The summed E-state index contributed by atoms with van der Waals surface area (Å²) < 4.78 is 1.92. The summed E-state index contributed by atoms with van der Waals surface area (Å²) in [5.74, 6) is 1.66. The van der Waals surface area contributed by atoms with Crippen LogP contribution < -0.4 is 16.0 Å². The fourth-order valence-corrected chi connectivity index (χ4v) is 3.19. The first kappa shape index (κ1) is 17.4. The lowest BCUT2D eigenvalue weighted by molar-refractivity contribution is 0.211. The zero-order valence-electron chi connectivity index (χ0n) is 14.9. The molecular weight excluding hydrogens is 316 g/mol. The average molecular weight is 342 g/mol. The molecule has 7 nitrogen and oxygen atoms in total. The molecule has 1 aliphatic rings. The first-order chi connectivity index (χ1) is 12.1. The highest BCUT2D eigenvalue weighted by Gasteiger charge is 2.26. The molecule has 3 N–H and O–H groups in total. The van der Waals surface area contributed by atoms with E-state index in [-0.39, 0.29) is 11.4 Å². The minimum Gasteiger partial charge on any atom is -0.338 e. The molecule has 0 spiro atoms. The van der Waals surface area contributed by atoms with Crippen LogP contribution in [-0.2, 0) is 6.54 Å². The summed E-state index contributed by atoms with van der Waals surface area (Å²) in [6.07, 6.45) is 7.65. The fourth-order valence-electron chi connectivity index (χ4n) is 3.19. The van der Waals surface area contributed by atoms with Gasteiger partial charge < -0.3 is 16.0 Å². The van der Waals surface area contributed by atoms with Crippen molar-refractivity contribution < 1.29 is 4.79 Å². The van der Waals surface area contributed by atoms with Gasteiger partial charge in [-0.15, -0.1) is 0 Å². The number of hydrogen-bond acceptors (Lipinski definition) is 4. The number of pyridine rings is 1. The van der Waals surface area contributed by atoms with Gasteiger partial charge in [-0.1, -0.05) is 13.0 Å². The average Bonchev–Trinajstić information content (AvgIpc) is 3.05. The third-order valence-corrected chi connectivity index (χ3v) is 4.72. The number of aryl methyl sites for hydroxylation is 1. The number of carbonyl (C=O) groups is 1. The van der Waals surface area contributed by atoms with Crippen molar-refractivity contribution in [3.63, 3.8) is 0 Å². The van der Waals surface area contributed by atoms with Crippen molar-refractivity contribution >= 4 is 6.03 Å². The van der Waals surface area contributed by atoms with E-state index in [1.165, 1.54) is 0 Å². The predicted octanol–water partition coefficient (Wildman–Crippen LogP) is 1.76. The number of imidazole rings is 1. The quantitative estimate of drug-likeness (QED) is 0.773. The normalized spacial score (nSPS) is 20.2. The third kappa shape index (κ3) is 4.36. The molecular formula is C18H26N6O. The molecule has 0 aromatic carbocycles. The minimum absolute atomic E-state index is 0.128. The number of rotatable bonds is 5. The monoisotopic (exact) mass is 342 g/mol. The van der Waals surface area contributed by atoms with Crippen molar-refractivity contribution in [3.8, 4) is 5.82 Å². The number of aromatic nitrogens is 3. The Bertz CT molecular complexity index is 720. The first-order valence-corrected chi connectivity index (χ1v) is 8.74. The Morgan fingerprint density at radius 2 is 2.24 bits per heavy atom. The van der Waals surface area contributed by atoms with Gasteiger partial charge in [0.15, 0.2) is 0 Å². The van der Waals surface area contributed by atoms with Gasteiger partial charge in [-0.2, -0.15) is 0 Å². The molecule has 7 heteroatoms. The van der Waals surface area contributed by atoms with Crippen LogP contribution in [0.25, 0.3) is 5.82 Å². The fraction of sp³-hybridized carbons (Fsp3) is 0.500. The topological polar surface area (TPSA) is 83.9 Å². The van der Waals surface area contributed by atoms with Crippen molar-refractivity contribution in [2.24, 2.45) is 5.41 Å². The van der Waals surface area contributed by atoms with E-state index in [0.717, 1.165) is 43.1 Å². The van der Waals surface area contributed by atoms with Crippen LogP contribution in [0.2, 0.25) is 0 Å². The lowest BCUT2D eigenvalue weighted by Gasteiger charge is -2.34. The van der Waals surface area contributed by atoms with Gasteiger partial charge in [0.1, 0.15) is 11.6 Å². The van der Waals surface area contributed by atoms with E-state index in [9.17, 15) is 4.79 Å². The van der Waals surface area contributed by atoms with E-state index in [4.69, 9.17) is 0 Å². The molecule has 0 aliphatic carbocycles. The van der Waals surface area contributed by atoms with Crippen molar-refractivity contribution in [1.29, 1.82) is 0 Å². The third-order valence-electron chi connectivity index (χ3n) is 4.72. The van der Waals surface area contributed by atoms with E-state index in [1.807, 2.05) is 29.8 Å². The zero-order chi connectivity index (χ0) is 17.7. The summed E-state index contributed by atoms with van der Waals surface area (Å²) in [7, 11) is 0. The van der Waals surface area contributed by atoms with E-state index >= 15 is 0 Å². The van der Waals surface area contributed by atoms with Crippen LogP contribution in [-0.4, -0.2) is 40.2 Å². The van der Waals surface area contributed by atoms with Crippen LogP contribution in [0.1, 0.15) is 31.2 Å². The van der Waals surface area contributed by atoms with Gasteiger partial charge >= 0.3 is 6.03 Å². The molecule has 0 radical (unpaired) electrons. The smallest absolute Gasteiger partial charge is 0.315 e. The zero-order valence-corrected chi connectivity index (χ0v) is 14.9. The highest BCUT2D eigenvalue weighted by molar-refractivity contribution is 5.74. The van der Waals surface area contributed by atoms with E-state index < -0.39 is 0 Å². The van der Waals surface area contributed by atoms with Gasteiger partial charge in [0, 0.05) is 43.8 Å². The molecule has 3 heterocycles. The molecule has 1 aliphatic heterocycles. The summed E-state index contributed by atoms with van der Waals surface area (Å²) in [6.45, 7) is 7.24. The van der Waals surface area contributed by atoms with Crippen LogP contribution in [0.3, 0.4) is 0 Å². The second-order valence-corrected chi connectivity index (χ2v) is 6.96. The van der Waals surface area contributed by atoms with Crippen LogP contribution in [0.5, 0.6) is 0 Å². The maximum Gasteiger partial charge on any atom is 0.315 e. The van der Waals surface area contributed by atoms with Gasteiger partial charge in [-0.05, 0) is 37.8 Å². The van der Waals surface area contributed by atoms with Gasteiger partial charge in [0.2, 0.25) is 0 Å². The molecule has 1 atom stereocenters. The molecule has 3 rings (SSSR count). The lowest BCUT2D eigenvalue weighted by Crippen LogP contribution is -2.47. The Kier molecular flexibility index (Phi) is 5.33. The number of hydrogen-bond donors (Lipinski definition) is 3. The Hall–Kier alpha value is -2.41. The van der Waals surface area contributed by atoms with Crippen LogP contribution in [0, 0.1) is 12.3 Å². The molecule has 1 fully saturated rings. The molecule has 2 amide bonds. The molecule has 1 unspecified atom stereocenters. The molecule has 134 valence electrons. The first-order valence-electron chi connectivity index (χ1n) is 8.74. The van der Waals surface area contributed by atoms with Crippen LogP contribution in [0.4, 0.5) is 4.79 Å². The number of amides is 2. The lowest BCUT2D eigenvalue weighted by atomic mass is 9.83. The predicted molar refractivity (Wildman–Crippen MR) is 96.5 cm³/mol. The summed E-state index contributed by atoms with van der Waals surface area (Å²) >= 11 is 0. The van der Waals surface area contributed by atoms with Gasteiger partial charge in [-0.25, -0.2) is 14.8 Å². The maximum absolute atomic E-state index is 12.2. The molecule has 0 bridgehead atoms. The largest absolute Gasteiger partial charge is 0.338 e. The Balaban J connectivity index is 1.57. The van der Waals surface area contributed by atoms with Crippen LogP contribution >= 0.6 is 0 Å².